The number of hydrogen-bond acceptors (Lipinski definition) is 4. The highest BCUT2D eigenvalue weighted by Gasteiger charge is 2.16. The van der Waals surface area contributed by atoms with Crippen LogP contribution < -0.4 is 11.1 Å². The van der Waals surface area contributed by atoms with Crippen LogP contribution in [0.3, 0.4) is 0 Å². The van der Waals surface area contributed by atoms with E-state index in [1.165, 1.54) is 0 Å². The monoisotopic (exact) mass is 229 g/mol. The molecule has 0 bridgehead atoms. The lowest BCUT2D eigenvalue weighted by atomic mass is 10.2. The summed E-state index contributed by atoms with van der Waals surface area (Å²) >= 11 is 0. The van der Waals surface area contributed by atoms with E-state index in [0.29, 0.717) is 19.6 Å². The van der Waals surface area contributed by atoms with Crippen molar-refractivity contribution < 1.29 is 9.53 Å². The van der Waals surface area contributed by atoms with Crippen LogP contribution in [0, 0.1) is 0 Å². The van der Waals surface area contributed by atoms with Gasteiger partial charge in [0, 0.05) is 13.2 Å². The molecule has 94 valence electrons. The maximum absolute atomic E-state index is 11.5. The third kappa shape index (κ3) is 5.44. The summed E-state index contributed by atoms with van der Waals surface area (Å²) in [4.78, 5) is 13.5. The van der Waals surface area contributed by atoms with Gasteiger partial charge in [-0.05, 0) is 39.4 Å². The van der Waals surface area contributed by atoms with Gasteiger partial charge >= 0.3 is 0 Å². The summed E-state index contributed by atoms with van der Waals surface area (Å²) in [6.45, 7) is 3.44. The first-order chi connectivity index (χ1) is 7.72. The van der Waals surface area contributed by atoms with Crippen molar-refractivity contribution in [2.24, 2.45) is 5.73 Å². The zero-order chi connectivity index (χ0) is 11.8. The third-order valence-electron chi connectivity index (χ3n) is 2.71. The van der Waals surface area contributed by atoms with Crippen LogP contribution in [0.2, 0.25) is 0 Å². The van der Waals surface area contributed by atoms with Crippen LogP contribution >= 0.6 is 0 Å². The normalized spacial score (nSPS) is 20.3. The molecule has 0 aliphatic carbocycles. The summed E-state index contributed by atoms with van der Waals surface area (Å²) in [7, 11) is 1.93. The van der Waals surface area contributed by atoms with Gasteiger partial charge in [-0.1, -0.05) is 0 Å². The first-order valence-corrected chi connectivity index (χ1v) is 5.99. The minimum Gasteiger partial charge on any atom is -0.376 e. The van der Waals surface area contributed by atoms with Crippen molar-refractivity contribution in [3.05, 3.63) is 0 Å². The van der Waals surface area contributed by atoms with E-state index in [0.717, 1.165) is 32.4 Å². The topological polar surface area (TPSA) is 67.6 Å². The van der Waals surface area contributed by atoms with E-state index in [1.54, 1.807) is 0 Å². The molecule has 1 aliphatic heterocycles. The van der Waals surface area contributed by atoms with Crippen molar-refractivity contribution in [1.82, 2.24) is 10.2 Å². The summed E-state index contributed by atoms with van der Waals surface area (Å²) in [5.74, 6) is 0.0648. The van der Waals surface area contributed by atoms with Crippen LogP contribution in [0.5, 0.6) is 0 Å². The summed E-state index contributed by atoms with van der Waals surface area (Å²) in [6, 6.07) is 0. The molecule has 0 spiro atoms. The zero-order valence-electron chi connectivity index (χ0n) is 10.1. The zero-order valence-corrected chi connectivity index (χ0v) is 10.1. The molecule has 1 atom stereocenters. The molecule has 1 fully saturated rings. The largest absolute Gasteiger partial charge is 0.376 e. The van der Waals surface area contributed by atoms with Crippen molar-refractivity contribution >= 4 is 5.91 Å². The summed E-state index contributed by atoms with van der Waals surface area (Å²) in [6.07, 6.45) is 3.31. The number of amides is 1. The Morgan fingerprint density at radius 3 is 3.06 bits per heavy atom. The highest BCUT2D eigenvalue weighted by molar-refractivity contribution is 5.77. The number of carbonyl (C=O) groups is 1. The second-order valence-electron chi connectivity index (χ2n) is 4.32. The maximum Gasteiger partial charge on any atom is 0.234 e. The Morgan fingerprint density at radius 2 is 2.44 bits per heavy atom. The average molecular weight is 229 g/mol. The van der Waals surface area contributed by atoms with E-state index in [2.05, 4.69) is 5.32 Å². The SMILES string of the molecule is CN(CCCN)CC(=O)NCC1CCCO1. The van der Waals surface area contributed by atoms with Crippen LogP contribution in [-0.4, -0.2) is 56.7 Å². The minimum atomic E-state index is 0.0648. The van der Waals surface area contributed by atoms with E-state index in [-0.39, 0.29) is 12.0 Å². The fourth-order valence-electron chi connectivity index (χ4n) is 1.77. The van der Waals surface area contributed by atoms with Gasteiger partial charge in [0.05, 0.1) is 12.6 Å². The van der Waals surface area contributed by atoms with E-state index in [4.69, 9.17) is 10.5 Å². The number of hydrogen-bond donors (Lipinski definition) is 2. The van der Waals surface area contributed by atoms with Gasteiger partial charge in [-0.15, -0.1) is 0 Å². The molecule has 1 unspecified atom stereocenters. The quantitative estimate of drug-likeness (QED) is 0.621. The van der Waals surface area contributed by atoms with E-state index < -0.39 is 0 Å². The molecular weight excluding hydrogens is 206 g/mol. The molecule has 0 saturated carbocycles. The number of ether oxygens (including phenoxy) is 1. The Labute approximate surface area is 97.3 Å². The Hall–Kier alpha value is -0.650. The molecule has 1 rings (SSSR count). The van der Waals surface area contributed by atoms with E-state index in [9.17, 15) is 4.79 Å². The molecule has 0 aromatic rings. The second-order valence-corrected chi connectivity index (χ2v) is 4.32. The standard InChI is InChI=1S/C11H23N3O2/c1-14(6-3-5-12)9-11(15)13-8-10-4-2-7-16-10/h10H,2-9,12H2,1H3,(H,13,15). The number of nitrogens with one attached hydrogen (secondary N) is 1. The molecular formula is C11H23N3O2. The molecule has 5 heteroatoms. The number of nitrogens with zero attached hydrogens (tertiary/aromatic N) is 1. The molecule has 1 heterocycles. The van der Waals surface area contributed by atoms with Crippen LogP contribution in [0.1, 0.15) is 19.3 Å². The Morgan fingerprint density at radius 1 is 1.62 bits per heavy atom. The van der Waals surface area contributed by atoms with Gasteiger partial charge in [0.1, 0.15) is 0 Å². The molecule has 0 radical (unpaired) electrons. The number of rotatable bonds is 7. The van der Waals surface area contributed by atoms with E-state index >= 15 is 0 Å². The highest BCUT2D eigenvalue weighted by atomic mass is 16.5. The third-order valence-corrected chi connectivity index (χ3v) is 2.71. The Balaban J connectivity index is 2.05. The van der Waals surface area contributed by atoms with Crippen LogP contribution in [-0.2, 0) is 9.53 Å². The summed E-state index contributed by atoms with van der Waals surface area (Å²) < 4.78 is 5.43. The highest BCUT2D eigenvalue weighted by Crippen LogP contribution is 2.10. The number of carbonyl (C=O) groups excluding carboxylic acids is 1. The van der Waals surface area contributed by atoms with Crippen molar-refractivity contribution in [1.29, 1.82) is 0 Å². The molecule has 3 N–H and O–H groups in total. The molecule has 1 amide bonds. The smallest absolute Gasteiger partial charge is 0.234 e. The molecule has 16 heavy (non-hydrogen) atoms. The van der Waals surface area contributed by atoms with E-state index in [1.807, 2.05) is 11.9 Å². The Kier molecular flexibility index (Phi) is 6.37. The lowest BCUT2D eigenvalue weighted by Gasteiger charge is -2.16. The van der Waals surface area contributed by atoms with Crippen molar-refractivity contribution in [2.45, 2.75) is 25.4 Å². The average Bonchev–Trinajstić information content (AvgIpc) is 2.76. The van der Waals surface area contributed by atoms with Crippen molar-refractivity contribution in [2.75, 3.05) is 39.8 Å². The van der Waals surface area contributed by atoms with Crippen molar-refractivity contribution in [3.8, 4) is 0 Å². The lowest BCUT2D eigenvalue weighted by Crippen LogP contribution is -2.39. The predicted molar refractivity (Wildman–Crippen MR) is 63.2 cm³/mol. The van der Waals surface area contributed by atoms with Gasteiger partial charge in [-0.25, -0.2) is 0 Å². The number of likely N-dealkylation sites (N-methyl/N-ethyl adjacent to an activating group) is 1. The maximum atomic E-state index is 11.5. The molecule has 0 aromatic heterocycles. The van der Waals surface area contributed by atoms with Crippen LogP contribution in [0.4, 0.5) is 0 Å². The first kappa shape index (κ1) is 13.4. The molecule has 0 aromatic carbocycles. The fraction of sp³-hybridized carbons (Fsp3) is 0.909. The van der Waals surface area contributed by atoms with Crippen molar-refractivity contribution in [3.63, 3.8) is 0 Å². The Bertz CT molecular complexity index is 205. The van der Waals surface area contributed by atoms with Gasteiger partial charge in [-0.2, -0.15) is 0 Å². The first-order valence-electron chi connectivity index (χ1n) is 5.99. The van der Waals surface area contributed by atoms with Gasteiger partial charge < -0.3 is 15.8 Å². The summed E-state index contributed by atoms with van der Waals surface area (Å²) in [5.41, 5.74) is 5.41. The van der Waals surface area contributed by atoms with Crippen LogP contribution in [0.25, 0.3) is 0 Å². The molecule has 1 saturated heterocycles. The van der Waals surface area contributed by atoms with Gasteiger partial charge in [0.2, 0.25) is 5.91 Å². The fourth-order valence-corrected chi connectivity index (χ4v) is 1.77. The summed E-state index contributed by atoms with van der Waals surface area (Å²) in [5, 5.41) is 2.90. The number of nitrogens with two attached hydrogens (primary N) is 1. The van der Waals surface area contributed by atoms with Crippen LogP contribution in [0.15, 0.2) is 0 Å². The minimum absolute atomic E-state index is 0.0648. The van der Waals surface area contributed by atoms with Gasteiger partial charge in [0.15, 0.2) is 0 Å². The van der Waals surface area contributed by atoms with Gasteiger partial charge in [-0.3, -0.25) is 9.69 Å². The second kappa shape index (κ2) is 7.60. The molecule has 1 aliphatic rings. The van der Waals surface area contributed by atoms with Gasteiger partial charge in [0.25, 0.3) is 0 Å². The predicted octanol–water partition coefficient (Wildman–Crippen LogP) is -0.438. The molecule has 5 nitrogen and oxygen atoms in total. The lowest BCUT2D eigenvalue weighted by molar-refractivity contribution is -0.122.